The Bertz CT molecular complexity index is 611. The van der Waals surface area contributed by atoms with Crippen molar-refractivity contribution in [2.45, 2.75) is 56.8 Å². The Morgan fingerprint density at radius 2 is 1.88 bits per heavy atom. The lowest BCUT2D eigenvalue weighted by atomic mass is 9.64. The van der Waals surface area contributed by atoms with Crippen molar-refractivity contribution in [3.05, 3.63) is 34.9 Å². The molecule has 1 aliphatic carbocycles. The third-order valence-electron chi connectivity index (χ3n) is 5.60. The fraction of sp³-hybridized carbons (Fsp3) is 0.600. The molecule has 1 aromatic carbocycles. The summed E-state index contributed by atoms with van der Waals surface area (Å²) >= 11 is 5.97. The number of carbonyl (C=O) groups excluding carboxylic acids is 2. The summed E-state index contributed by atoms with van der Waals surface area (Å²) in [6.45, 7) is 2.23. The number of benzene rings is 1. The first kappa shape index (κ1) is 18.2. The fourth-order valence-electron chi connectivity index (χ4n) is 3.86. The van der Waals surface area contributed by atoms with Gasteiger partial charge in [-0.25, -0.2) is 0 Å². The molecular weight excluding hydrogens is 336 g/mol. The van der Waals surface area contributed by atoms with Crippen molar-refractivity contribution in [3.63, 3.8) is 0 Å². The van der Waals surface area contributed by atoms with Crippen molar-refractivity contribution >= 4 is 23.4 Å². The average molecular weight is 363 g/mol. The molecule has 5 heteroatoms. The minimum absolute atomic E-state index is 0.114. The topological polar surface area (TPSA) is 49.4 Å². The van der Waals surface area contributed by atoms with E-state index in [4.69, 9.17) is 11.6 Å². The van der Waals surface area contributed by atoms with Gasteiger partial charge >= 0.3 is 0 Å². The van der Waals surface area contributed by atoms with E-state index in [0.717, 1.165) is 63.6 Å². The number of halogens is 1. The van der Waals surface area contributed by atoms with Crippen LogP contribution in [0.25, 0.3) is 0 Å². The van der Waals surface area contributed by atoms with E-state index in [0.29, 0.717) is 18.0 Å². The molecule has 3 rings (SSSR count). The molecular formula is C20H27ClN2O2. The molecule has 0 radical (unpaired) electrons. The molecule has 25 heavy (non-hydrogen) atoms. The van der Waals surface area contributed by atoms with Crippen molar-refractivity contribution in [3.8, 4) is 0 Å². The second-order valence-electron chi connectivity index (χ2n) is 7.24. The summed E-state index contributed by atoms with van der Waals surface area (Å²) in [5.74, 6) is 0.378. The SMILES string of the molecule is O=C1CCCCCN1CCCNC(=O)C1(c2ccc(Cl)cc2)CCC1. The Labute approximate surface area is 154 Å². The van der Waals surface area contributed by atoms with Crippen LogP contribution in [-0.4, -0.2) is 36.3 Å². The molecule has 0 unspecified atom stereocenters. The van der Waals surface area contributed by atoms with Gasteiger partial charge in [0.1, 0.15) is 0 Å². The van der Waals surface area contributed by atoms with Crippen LogP contribution in [0.3, 0.4) is 0 Å². The van der Waals surface area contributed by atoms with Crippen LogP contribution in [0.4, 0.5) is 0 Å². The first-order chi connectivity index (χ1) is 12.1. The van der Waals surface area contributed by atoms with Gasteiger partial charge in [0, 0.05) is 31.1 Å². The average Bonchev–Trinajstić information content (AvgIpc) is 2.77. The van der Waals surface area contributed by atoms with Gasteiger partial charge < -0.3 is 10.2 Å². The number of carbonyl (C=O) groups is 2. The molecule has 0 aromatic heterocycles. The molecule has 4 nitrogen and oxygen atoms in total. The molecule has 2 fully saturated rings. The lowest BCUT2D eigenvalue weighted by Crippen LogP contribution is -2.49. The minimum atomic E-state index is -0.386. The van der Waals surface area contributed by atoms with Crippen molar-refractivity contribution < 1.29 is 9.59 Å². The molecule has 1 N–H and O–H groups in total. The number of likely N-dealkylation sites (tertiary alicyclic amines) is 1. The van der Waals surface area contributed by atoms with E-state index in [2.05, 4.69) is 5.32 Å². The van der Waals surface area contributed by atoms with Crippen molar-refractivity contribution in [1.29, 1.82) is 0 Å². The second kappa shape index (κ2) is 8.22. The van der Waals surface area contributed by atoms with Crippen LogP contribution >= 0.6 is 11.6 Å². The highest BCUT2D eigenvalue weighted by Gasteiger charge is 2.45. The molecule has 1 aliphatic heterocycles. The normalized spacial score (nSPS) is 19.9. The van der Waals surface area contributed by atoms with E-state index in [-0.39, 0.29) is 17.2 Å². The lowest BCUT2D eigenvalue weighted by Gasteiger charge is -2.40. The number of hydrogen-bond donors (Lipinski definition) is 1. The van der Waals surface area contributed by atoms with E-state index in [9.17, 15) is 9.59 Å². The third-order valence-corrected chi connectivity index (χ3v) is 5.85. The largest absolute Gasteiger partial charge is 0.355 e. The molecule has 1 saturated carbocycles. The van der Waals surface area contributed by atoms with Gasteiger partial charge in [-0.15, -0.1) is 0 Å². The molecule has 1 heterocycles. The van der Waals surface area contributed by atoms with Crippen molar-refractivity contribution in [1.82, 2.24) is 10.2 Å². The third kappa shape index (κ3) is 4.17. The number of hydrogen-bond acceptors (Lipinski definition) is 2. The first-order valence-corrected chi connectivity index (χ1v) is 9.82. The van der Waals surface area contributed by atoms with E-state index in [1.165, 1.54) is 0 Å². The summed E-state index contributed by atoms with van der Waals surface area (Å²) in [4.78, 5) is 26.7. The zero-order chi connectivity index (χ0) is 17.7. The monoisotopic (exact) mass is 362 g/mol. The van der Waals surface area contributed by atoms with Gasteiger partial charge in [0.2, 0.25) is 11.8 Å². The van der Waals surface area contributed by atoms with Gasteiger partial charge in [0.05, 0.1) is 5.41 Å². The first-order valence-electron chi connectivity index (χ1n) is 9.44. The summed E-state index contributed by atoms with van der Waals surface area (Å²) in [6, 6.07) is 7.65. The maximum Gasteiger partial charge on any atom is 0.230 e. The van der Waals surface area contributed by atoms with E-state index in [1.807, 2.05) is 29.2 Å². The Kier molecular flexibility index (Phi) is 6.00. The second-order valence-corrected chi connectivity index (χ2v) is 7.68. The molecule has 0 spiro atoms. The highest BCUT2D eigenvalue weighted by Crippen LogP contribution is 2.44. The minimum Gasteiger partial charge on any atom is -0.355 e. The fourth-order valence-corrected chi connectivity index (χ4v) is 3.99. The maximum atomic E-state index is 12.8. The van der Waals surface area contributed by atoms with Gasteiger partial charge in [-0.2, -0.15) is 0 Å². The molecule has 2 aliphatic rings. The molecule has 0 atom stereocenters. The highest BCUT2D eigenvalue weighted by atomic mass is 35.5. The lowest BCUT2D eigenvalue weighted by molar-refractivity contribution is -0.130. The van der Waals surface area contributed by atoms with Crippen molar-refractivity contribution in [2.75, 3.05) is 19.6 Å². The van der Waals surface area contributed by atoms with Crippen LogP contribution in [0.15, 0.2) is 24.3 Å². The molecule has 2 amide bonds. The Hall–Kier alpha value is -1.55. The zero-order valence-electron chi connectivity index (χ0n) is 14.7. The number of amides is 2. The molecule has 0 bridgehead atoms. The van der Waals surface area contributed by atoms with Crippen LogP contribution in [0, 0.1) is 0 Å². The van der Waals surface area contributed by atoms with Crippen LogP contribution in [0.1, 0.15) is 56.9 Å². The van der Waals surface area contributed by atoms with Gasteiger partial charge in [0.15, 0.2) is 0 Å². The van der Waals surface area contributed by atoms with Crippen LogP contribution < -0.4 is 5.32 Å². The number of nitrogens with zero attached hydrogens (tertiary/aromatic N) is 1. The summed E-state index contributed by atoms with van der Waals surface area (Å²) in [6.07, 6.45) is 7.60. The summed E-state index contributed by atoms with van der Waals surface area (Å²) in [7, 11) is 0. The highest BCUT2D eigenvalue weighted by molar-refractivity contribution is 6.30. The number of nitrogens with one attached hydrogen (secondary N) is 1. The van der Waals surface area contributed by atoms with Crippen LogP contribution in [0.2, 0.25) is 5.02 Å². The Morgan fingerprint density at radius 1 is 1.12 bits per heavy atom. The molecule has 136 valence electrons. The maximum absolute atomic E-state index is 12.8. The summed E-state index contributed by atoms with van der Waals surface area (Å²) in [5.41, 5.74) is 0.673. The predicted octanol–water partition coefficient (Wildman–Crippen LogP) is 3.67. The Morgan fingerprint density at radius 3 is 2.56 bits per heavy atom. The molecule has 1 aromatic rings. The quantitative estimate of drug-likeness (QED) is 0.785. The van der Waals surface area contributed by atoms with Crippen LogP contribution in [-0.2, 0) is 15.0 Å². The van der Waals surface area contributed by atoms with Gasteiger partial charge in [-0.1, -0.05) is 36.6 Å². The van der Waals surface area contributed by atoms with Crippen molar-refractivity contribution in [2.24, 2.45) is 0 Å². The van der Waals surface area contributed by atoms with E-state index >= 15 is 0 Å². The summed E-state index contributed by atoms with van der Waals surface area (Å²) < 4.78 is 0. The van der Waals surface area contributed by atoms with Crippen LogP contribution in [0.5, 0.6) is 0 Å². The standard InChI is InChI=1S/C20H27ClN2O2/c21-17-9-7-16(8-10-17)20(11-4-12-20)19(25)22-13-5-15-23-14-3-1-2-6-18(23)24/h7-10H,1-6,11-15H2,(H,22,25). The van der Waals surface area contributed by atoms with E-state index < -0.39 is 0 Å². The molecule has 1 saturated heterocycles. The van der Waals surface area contributed by atoms with Gasteiger partial charge in [0.25, 0.3) is 0 Å². The smallest absolute Gasteiger partial charge is 0.230 e. The summed E-state index contributed by atoms with van der Waals surface area (Å²) in [5, 5.41) is 3.79. The van der Waals surface area contributed by atoms with Gasteiger partial charge in [-0.05, 0) is 49.8 Å². The number of rotatable bonds is 6. The predicted molar refractivity (Wildman–Crippen MR) is 99.7 cm³/mol. The zero-order valence-corrected chi connectivity index (χ0v) is 15.5. The van der Waals surface area contributed by atoms with E-state index in [1.54, 1.807) is 0 Å². The Balaban J connectivity index is 1.49. The van der Waals surface area contributed by atoms with Gasteiger partial charge in [-0.3, -0.25) is 9.59 Å².